The number of methoxy groups -OCH3 is 2. The van der Waals surface area contributed by atoms with E-state index in [1.165, 1.54) is 23.5 Å². The number of thioether (sulfide) groups is 1. The third-order valence-corrected chi connectivity index (χ3v) is 4.76. The molecule has 23 heavy (non-hydrogen) atoms. The van der Waals surface area contributed by atoms with Crippen molar-refractivity contribution in [3.63, 3.8) is 0 Å². The Morgan fingerprint density at radius 2 is 2.04 bits per heavy atom. The molecule has 0 aliphatic rings. The van der Waals surface area contributed by atoms with Crippen molar-refractivity contribution in [3.05, 3.63) is 35.2 Å². The van der Waals surface area contributed by atoms with Crippen molar-refractivity contribution in [3.8, 4) is 11.5 Å². The third kappa shape index (κ3) is 5.11. The Bertz CT molecular complexity index is 661. The SMILES string of the molecule is COc1ccc(CNC(=O)CSCc2nsnc2C)cc1OC. The van der Waals surface area contributed by atoms with Gasteiger partial charge in [0.1, 0.15) is 0 Å². The number of aromatic nitrogens is 2. The molecule has 0 saturated carbocycles. The van der Waals surface area contributed by atoms with Crippen LogP contribution in [0.1, 0.15) is 17.0 Å². The maximum atomic E-state index is 11.9. The van der Waals surface area contributed by atoms with Crippen LogP contribution in [0.3, 0.4) is 0 Å². The highest BCUT2D eigenvalue weighted by Crippen LogP contribution is 2.27. The maximum absolute atomic E-state index is 11.9. The summed E-state index contributed by atoms with van der Waals surface area (Å²) in [5.41, 5.74) is 2.85. The first kappa shape index (κ1) is 17.6. The largest absolute Gasteiger partial charge is 0.493 e. The van der Waals surface area contributed by atoms with Gasteiger partial charge in [0.25, 0.3) is 0 Å². The van der Waals surface area contributed by atoms with Crippen molar-refractivity contribution >= 4 is 29.4 Å². The second kappa shape index (κ2) is 8.73. The molecule has 0 atom stereocenters. The Labute approximate surface area is 143 Å². The highest BCUT2D eigenvalue weighted by Gasteiger charge is 2.08. The van der Waals surface area contributed by atoms with E-state index in [-0.39, 0.29) is 5.91 Å². The number of carbonyl (C=O) groups excluding carboxylic acids is 1. The Balaban J connectivity index is 1.77. The standard InChI is InChI=1S/C15H19N3O3S2/c1-10-12(18-23-17-10)8-22-9-15(19)16-7-11-4-5-13(20-2)14(6-11)21-3/h4-6H,7-9H2,1-3H3,(H,16,19). The van der Waals surface area contributed by atoms with E-state index in [1.807, 2.05) is 25.1 Å². The van der Waals surface area contributed by atoms with E-state index in [1.54, 1.807) is 14.2 Å². The van der Waals surface area contributed by atoms with E-state index in [0.717, 1.165) is 17.0 Å². The zero-order chi connectivity index (χ0) is 16.7. The molecule has 0 aliphatic heterocycles. The summed E-state index contributed by atoms with van der Waals surface area (Å²) in [5.74, 6) is 2.41. The van der Waals surface area contributed by atoms with Gasteiger partial charge in [-0.05, 0) is 24.6 Å². The fraction of sp³-hybridized carbons (Fsp3) is 0.400. The Morgan fingerprint density at radius 3 is 2.70 bits per heavy atom. The van der Waals surface area contributed by atoms with Gasteiger partial charge in [-0.25, -0.2) is 0 Å². The van der Waals surface area contributed by atoms with Crippen LogP contribution in [-0.2, 0) is 17.1 Å². The molecule has 8 heteroatoms. The molecule has 0 fully saturated rings. The van der Waals surface area contributed by atoms with Gasteiger partial charge >= 0.3 is 0 Å². The Hall–Kier alpha value is -1.80. The molecule has 6 nitrogen and oxygen atoms in total. The highest BCUT2D eigenvalue weighted by molar-refractivity contribution is 7.99. The van der Waals surface area contributed by atoms with Crippen molar-refractivity contribution in [1.82, 2.24) is 14.1 Å². The molecule has 0 bridgehead atoms. The lowest BCUT2D eigenvalue weighted by Gasteiger charge is -2.10. The lowest BCUT2D eigenvalue weighted by molar-refractivity contribution is -0.118. The van der Waals surface area contributed by atoms with Crippen molar-refractivity contribution in [2.75, 3.05) is 20.0 Å². The molecular weight excluding hydrogens is 334 g/mol. The number of benzene rings is 1. The maximum Gasteiger partial charge on any atom is 0.230 e. The monoisotopic (exact) mass is 353 g/mol. The highest BCUT2D eigenvalue weighted by atomic mass is 32.2. The number of hydrogen-bond donors (Lipinski definition) is 1. The van der Waals surface area contributed by atoms with E-state index in [0.29, 0.717) is 29.5 Å². The van der Waals surface area contributed by atoms with Gasteiger partial charge in [0, 0.05) is 12.3 Å². The fourth-order valence-electron chi connectivity index (χ4n) is 1.86. The van der Waals surface area contributed by atoms with Gasteiger partial charge in [-0.2, -0.15) is 8.75 Å². The number of nitrogens with one attached hydrogen (secondary N) is 1. The molecule has 1 N–H and O–H groups in total. The normalized spacial score (nSPS) is 10.4. The summed E-state index contributed by atoms with van der Waals surface area (Å²) < 4.78 is 18.7. The predicted octanol–water partition coefficient (Wildman–Crippen LogP) is 2.41. The second-order valence-electron chi connectivity index (χ2n) is 4.76. The van der Waals surface area contributed by atoms with E-state index in [9.17, 15) is 4.79 Å². The van der Waals surface area contributed by atoms with E-state index in [2.05, 4.69) is 14.1 Å². The molecule has 1 heterocycles. The average Bonchev–Trinajstić information content (AvgIpc) is 2.97. The molecule has 0 spiro atoms. The number of ether oxygens (including phenoxy) is 2. The summed E-state index contributed by atoms with van der Waals surface area (Å²) in [7, 11) is 3.18. The van der Waals surface area contributed by atoms with Crippen LogP contribution in [0.5, 0.6) is 11.5 Å². The van der Waals surface area contributed by atoms with Gasteiger partial charge in [-0.3, -0.25) is 4.79 Å². The smallest absolute Gasteiger partial charge is 0.230 e. The predicted molar refractivity (Wildman–Crippen MR) is 92.2 cm³/mol. The first-order chi connectivity index (χ1) is 11.1. The van der Waals surface area contributed by atoms with Crippen LogP contribution in [0.4, 0.5) is 0 Å². The summed E-state index contributed by atoms with van der Waals surface area (Å²) in [6.07, 6.45) is 0. The molecule has 0 unspecified atom stereocenters. The first-order valence-electron chi connectivity index (χ1n) is 6.97. The lowest BCUT2D eigenvalue weighted by atomic mass is 10.2. The first-order valence-corrected chi connectivity index (χ1v) is 8.86. The molecule has 1 aromatic carbocycles. The zero-order valence-corrected chi connectivity index (χ0v) is 14.9. The third-order valence-electron chi connectivity index (χ3n) is 3.16. The van der Waals surface area contributed by atoms with Gasteiger partial charge in [0.15, 0.2) is 11.5 Å². The number of hydrogen-bond acceptors (Lipinski definition) is 7. The van der Waals surface area contributed by atoms with Crippen LogP contribution < -0.4 is 14.8 Å². The van der Waals surface area contributed by atoms with Gasteiger partial charge in [-0.1, -0.05) is 6.07 Å². The minimum absolute atomic E-state index is 0.00868. The lowest BCUT2D eigenvalue weighted by Crippen LogP contribution is -2.24. The summed E-state index contributed by atoms with van der Waals surface area (Å²) in [4.78, 5) is 11.9. The molecule has 0 radical (unpaired) electrons. The molecule has 1 amide bonds. The average molecular weight is 353 g/mol. The molecule has 124 valence electrons. The zero-order valence-electron chi connectivity index (χ0n) is 13.3. The van der Waals surface area contributed by atoms with E-state index in [4.69, 9.17) is 9.47 Å². The number of nitrogens with zero attached hydrogens (tertiary/aromatic N) is 2. The summed E-state index contributed by atoms with van der Waals surface area (Å²) in [5, 5.41) is 2.89. The van der Waals surface area contributed by atoms with Crippen LogP contribution in [0.15, 0.2) is 18.2 Å². The summed E-state index contributed by atoms with van der Waals surface area (Å²) in [6, 6.07) is 5.59. The molecule has 2 aromatic rings. The summed E-state index contributed by atoms with van der Waals surface area (Å²) >= 11 is 2.73. The van der Waals surface area contributed by atoms with Crippen molar-refractivity contribution in [1.29, 1.82) is 0 Å². The van der Waals surface area contributed by atoms with Crippen LogP contribution in [0, 0.1) is 6.92 Å². The van der Waals surface area contributed by atoms with Gasteiger partial charge in [0.2, 0.25) is 5.91 Å². The van der Waals surface area contributed by atoms with Crippen molar-refractivity contribution < 1.29 is 14.3 Å². The fourth-order valence-corrected chi connectivity index (χ4v) is 3.37. The minimum atomic E-state index is -0.00868. The van der Waals surface area contributed by atoms with E-state index < -0.39 is 0 Å². The number of carbonyl (C=O) groups is 1. The molecule has 1 aromatic heterocycles. The van der Waals surface area contributed by atoms with Gasteiger partial charge in [0.05, 0.1) is 43.1 Å². The number of amides is 1. The minimum Gasteiger partial charge on any atom is -0.493 e. The van der Waals surface area contributed by atoms with Crippen LogP contribution in [0.25, 0.3) is 0 Å². The van der Waals surface area contributed by atoms with Gasteiger partial charge in [-0.15, -0.1) is 11.8 Å². The Kier molecular flexibility index (Phi) is 6.66. The van der Waals surface area contributed by atoms with Crippen molar-refractivity contribution in [2.24, 2.45) is 0 Å². The number of rotatable bonds is 8. The van der Waals surface area contributed by atoms with Crippen molar-refractivity contribution in [2.45, 2.75) is 19.2 Å². The summed E-state index contributed by atoms with van der Waals surface area (Å²) in [6.45, 7) is 2.38. The van der Waals surface area contributed by atoms with Gasteiger partial charge < -0.3 is 14.8 Å². The molecular formula is C15H19N3O3S2. The number of aryl methyl sites for hydroxylation is 1. The topological polar surface area (TPSA) is 73.3 Å². The molecule has 0 aliphatic carbocycles. The molecule has 2 rings (SSSR count). The quantitative estimate of drug-likeness (QED) is 0.786. The Morgan fingerprint density at radius 1 is 1.26 bits per heavy atom. The van der Waals surface area contributed by atoms with Crippen LogP contribution >= 0.6 is 23.5 Å². The van der Waals surface area contributed by atoms with Crippen LogP contribution in [-0.4, -0.2) is 34.6 Å². The second-order valence-corrected chi connectivity index (χ2v) is 6.27. The van der Waals surface area contributed by atoms with E-state index >= 15 is 0 Å². The van der Waals surface area contributed by atoms with Crippen LogP contribution in [0.2, 0.25) is 0 Å². The molecule has 0 saturated heterocycles.